The molecule has 1 aliphatic heterocycles. The van der Waals surface area contributed by atoms with Crippen molar-refractivity contribution in [3.05, 3.63) is 28.8 Å². The monoisotopic (exact) mass is 264 g/mol. The Hall–Kier alpha value is -1.10. The molecule has 1 fully saturated rings. The Morgan fingerprint density at radius 3 is 2.63 bits per heavy atom. The molecule has 0 amide bonds. The highest BCUT2D eigenvalue weighted by molar-refractivity contribution is 5.43. The summed E-state index contributed by atoms with van der Waals surface area (Å²) in [6.45, 7) is 7.17. The molecule has 3 unspecified atom stereocenters. The van der Waals surface area contributed by atoms with Crippen molar-refractivity contribution in [1.29, 1.82) is 0 Å². The Labute approximate surface area is 115 Å². The predicted molar refractivity (Wildman–Crippen MR) is 76.1 cm³/mol. The molecule has 106 valence electrons. The number of hydrogen-bond donors (Lipinski definition) is 2. The molecule has 4 heteroatoms. The second-order valence-corrected chi connectivity index (χ2v) is 5.42. The minimum atomic E-state index is 0.0297. The van der Waals surface area contributed by atoms with E-state index in [1.54, 1.807) is 7.11 Å². The molecular formula is C15H24N2O2. The number of hydrogen-bond acceptors (Lipinski definition) is 4. The van der Waals surface area contributed by atoms with Crippen LogP contribution in [0.25, 0.3) is 0 Å². The van der Waals surface area contributed by atoms with E-state index in [1.165, 1.54) is 11.1 Å². The minimum absolute atomic E-state index is 0.0297. The van der Waals surface area contributed by atoms with Gasteiger partial charge in [-0.05, 0) is 48.9 Å². The second kappa shape index (κ2) is 5.90. The van der Waals surface area contributed by atoms with Crippen LogP contribution in [0, 0.1) is 19.8 Å². The highest BCUT2D eigenvalue weighted by Gasteiger charge is 2.33. The van der Waals surface area contributed by atoms with Crippen LogP contribution in [0.5, 0.6) is 5.75 Å². The van der Waals surface area contributed by atoms with Gasteiger partial charge >= 0.3 is 0 Å². The number of aryl methyl sites for hydroxylation is 2. The lowest BCUT2D eigenvalue weighted by molar-refractivity contribution is 0.0605. The third kappa shape index (κ3) is 2.76. The van der Waals surface area contributed by atoms with Crippen molar-refractivity contribution >= 4 is 0 Å². The molecule has 0 bridgehead atoms. The lowest BCUT2D eigenvalue weighted by Crippen LogP contribution is -2.39. The van der Waals surface area contributed by atoms with E-state index in [-0.39, 0.29) is 12.1 Å². The van der Waals surface area contributed by atoms with Gasteiger partial charge in [0.15, 0.2) is 0 Å². The third-order valence-electron chi connectivity index (χ3n) is 4.07. The topological polar surface area (TPSA) is 56.5 Å². The van der Waals surface area contributed by atoms with Crippen molar-refractivity contribution in [2.45, 2.75) is 39.3 Å². The van der Waals surface area contributed by atoms with Gasteiger partial charge in [0.25, 0.3) is 0 Å². The molecule has 3 N–H and O–H groups in total. The van der Waals surface area contributed by atoms with E-state index in [9.17, 15) is 0 Å². The number of nitrogens with two attached hydrogens (primary N) is 1. The van der Waals surface area contributed by atoms with Gasteiger partial charge in [-0.2, -0.15) is 0 Å². The Morgan fingerprint density at radius 1 is 1.37 bits per heavy atom. The summed E-state index contributed by atoms with van der Waals surface area (Å²) in [7, 11) is 1.70. The number of ether oxygens (including phenoxy) is 2. The highest BCUT2D eigenvalue weighted by atomic mass is 16.5. The maximum Gasteiger partial charge on any atom is 0.122 e. The van der Waals surface area contributed by atoms with Crippen molar-refractivity contribution in [2.75, 3.05) is 13.7 Å². The van der Waals surface area contributed by atoms with Gasteiger partial charge in [-0.1, -0.05) is 13.0 Å². The summed E-state index contributed by atoms with van der Waals surface area (Å²) in [5.74, 6) is 7.21. The molecule has 1 heterocycles. The standard InChI is InChI=1S/C15H24N2O2/c1-9-5-6-19-15(9)14(17-16)12-7-11(3)13(18-4)8-10(12)2/h7-9,14-15,17H,5-6,16H2,1-4H3. The third-order valence-corrected chi connectivity index (χ3v) is 4.07. The predicted octanol–water partition coefficient (Wildman–Crippen LogP) is 2.24. The quantitative estimate of drug-likeness (QED) is 0.647. The van der Waals surface area contributed by atoms with E-state index in [0.29, 0.717) is 5.92 Å². The zero-order valence-corrected chi connectivity index (χ0v) is 12.2. The molecule has 0 saturated carbocycles. The van der Waals surface area contributed by atoms with Crippen LogP contribution in [0.2, 0.25) is 0 Å². The Kier molecular flexibility index (Phi) is 4.45. The van der Waals surface area contributed by atoms with Gasteiger partial charge < -0.3 is 9.47 Å². The van der Waals surface area contributed by atoms with Crippen molar-refractivity contribution in [2.24, 2.45) is 11.8 Å². The van der Waals surface area contributed by atoms with Crippen LogP contribution >= 0.6 is 0 Å². The van der Waals surface area contributed by atoms with E-state index in [4.69, 9.17) is 15.3 Å². The van der Waals surface area contributed by atoms with Crippen LogP contribution in [-0.4, -0.2) is 19.8 Å². The molecule has 1 aromatic rings. The largest absolute Gasteiger partial charge is 0.496 e. The van der Waals surface area contributed by atoms with E-state index in [2.05, 4.69) is 31.4 Å². The van der Waals surface area contributed by atoms with Crippen LogP contribution in [0.1, 0.15) is 36.1 Å². The number of rotatable bonds is 4. The van der Waals surface area contributed by atoms with Gasteiger partial charge in [0, 0.05) is 6.61 Å². The molecule has 4 nitrogen and oxygen atoms in total. The molecule has 1 aliphatic rings. The number of benzene rings is 1. The lowest BCUT2D eigenvalue weighted by atomic mass is 9.89. The summed E-state index contributed by atoms with van der Waals surface area (Å²) in [4.78, 5) is 0. The fraction of sp³-hybridized carbons (Fsp3) is 0.600. The first-order valence-electron chi connectivity index (χ1n) is 6.81. The van der Waals surface area contributed by atoms with Crippen LogP contribution in [0.15, 0.2) is 12.1 Å². The fourth-order valence-corrected chi connectivity index (χ4v) is 2.87. The first-order valence-corrected chi connectivity index (χ1v) is 6.81. The summed E-state index contributed by atoms with van der Waals surface area (Å²) in [5, 5.41) is 0. The molecule has 1 aromatic carbocycles. The van der Waals surface area contributed by atoms with Gasteiger partial charge in [-0.25, -0.2) is 0 Å². The van der Waals surface area contributed by atoms with Gasteiger partial charge in [0.1, 0.15) is 5.75 Å². The Bertz CT molecular complexity index is 448. The van der Waals surface area contributed by atoms with Gasteiger partial charge in [-0.3, -0.25) is 11.3 Å². The van der Waals surface area contributed by atoms with Crippen molar-refractivity contribution < 1.29 is 9.47 Å². The van der Waals surface area contributed by atoms with E-state index < -0.39 is 0 Å². The van der Waals surface area contributed by atoms with E-state index in [0.717, 1.165) is 24.3 Å². The number of methoxy groups -OCH3 is 1. The molecule has 0 radical (unpaired) electrons. The molecule has 1 saturated heterocycles. The maximum atomic E-state index is 5.85. The molecular weight excluding hydrogens is 240 g/mol. The lowest BCUT2D eigenvalue weighted by Gasteiger charge is -2.27. The van der Waals surface area contributed by atoms with Crippen molar-refractivity contribution in [3.8, 4) is 5.75 Å². The van der Waals surface area contributed by atoms with Gasteiger partial charge in [-0.15, -0.1) is 0 Å². The Morgan fingerprint density at radius 2 is 2.11 bits per heavy atom. The molecule has 0 aliphatic carbocycles. The average molecular weight is 264 g/mol. The minimum Gasteiger partial charge on any atom is -0.496 e. The van der Waals surface area contributed by atoms with Gasteiger partial charge in [0.2, 0.25) is 0 Å². The summed E-state index contributed by atoms with van der Waals surface area (Å²) < 4.78 is 11.2. The van der Waals surface area contributed by atoms with Crippen molar-refractivity contribution in [3.63, 3.8) is 0 Å². The molecule has 2 rings (SSSR count). The van der Waals surface area contributed by atoms with Crippen LogP contribution in [0.4, 0.5) is 0 Å². The fourth-order valence-electron chi connectivity index (χ4n) is 2.87. The highest BCUT2D eigenvalue weighted by Crippen LogP contribution is 2.34. The molecule has 0 spiro atoms. The van der Waals surface area contributed by atoms with Crippen LogP contribution in [-0.2, 0) is 4.74 Å². The normalized spacial score (nSPS) is 24.5. The summed E-state index contributed by atoms with van der Waals surface area (Å²) >= 11 is 0. The average Bonchev–Trinajstić information content (AvgIpc) is 2.80. The smallest absolute Gasteiger partial charge is 0.122 e. The van der Waals surface area contributed by atoms with Gasteiger partial charge in [0.05, 0.1) is 19.3 Å². The number of hydrazine groups is 1. The maximum absolute atomic E-state index is 5.85. The van der Waals surface area contributed by atoms with E-state index in [1.807, 2.05) is 6.92 Å². The first-order chi connectivity index (χ1) is 9.08. The van der Waals surface area contributed by atoms with E-state index >= 15 is 0 Å². The molecule has 19 heavy (non-hydrogen) atoms. The summed E-state index contributed by atoms with van der Waals surface area (Å²) in [5.41, 5.74) is 6.42. The van der Waals surface area contributed by atoms with Crippen LogP contribution < -0.4 is 16.0 Å². The molecule has 0 aromatic heterocycles. The summed E-state index contributed by atoms with van der Waals surface area (Å²) in [6, 6.07) is 4.24. The Balaban J connectivity index is 2.35. The zero-order chi connectivity index (χ0) is 14.0. The number of nitrogens with one attached hydrogen (secondary N) is 1. The summed E-state index contributed by atoms with van der Waals surface area (Å²) in [6.07, 6.45) is 1.23. The SMILES string of the molecule is COc1cc(C)c(C(NN)C2OCCC2C)cc1C. The van der Waals surface area contributed by atoms with Crippen molar-refractivity contribution in [1.82, 2.24) is 5.43 Å². The zero-order valence-electron chi connectivity index (χ0n) is 12.2. The first kappa shape index (κ1) is 14.3. The molecule has 3 atom stereocenters. The second-order valence-electron chi connectivity index (χ2n) is 5.42. The van der Waals surface area contributed by atoms with Crippen LogP contribution in [0.3, 0.4) is 0 Å².